The van der Waals surface area contributed by atoms with E-state index in [1.807, 2.05) is 0 Å². The molecule has 4 saturated carbocycles. The van der Waals surface area contributed by atoms with Gasteiger partial charge in [-0.25, -0.2) is 0 Å². The molecular weight excluding hydrogens is 403 g/mol. The van der Waals surface area contributed by atoms with Gasteiger partial charge in [0.05, 0.1) is 6.10 Å². The average Bonchev–Trinajstić information content (AvgIpc) is 3.07. The fourth-order valence-electron chi connectivity index (χ4n) is 10.4. The van der Waals surface area contributed by atoms with Crippen LogP contribution in [0.3, 0.4) is 0 Å². The zero-order valence-corrected chi connectivity index (χ0v) is 23.0. The maximum absolute atomic E-state index is 11.8. The maximum atomic E-state index is 11.8. The Kier molecular flexibility index (Phi) is 7.26. The second kappa shape index (κ2) is 9.29. The summed E-state index contributed by atoms with van der Waals surface area (Å²) in [4.78, 5) is 11.8. The SMILES string of the molecule is B[C@]12C[C@@H](CC(C)=O)CC[C@]1(C)[C@H]1CC[C@]3(C)[C@@H]([C@H](C)CCCC(C)C)CC[C@H]3[C@@H]1C[C@H]2O. The Bertz CT molecular complexity index is 720. The largest absolute Gasteiger partial charge is 0.393 e. The van der Waals surface area contributed by atoms with E-state index in [0.717, 1.165) is 42.4 Å². The molecule has 1 N–H and O–H groups in total. The summed E-state index contributed by atoms with van der Waals surface area (Å²) in [5.74, 6) is 5.60. The molecule has 0 bridgehead atoms. The van der Waals surface area contributed by atoms with Crippen LogP contribution in [0.5, 0.6) is 0 Å². The molecule has 0 aromatic rings. The lowest BCUT2D eigenvalue weighted by atomic mass is 9.33. The number of ketones is 1. The molecule has 0 spiro atoms. The Morgan fingerprint density at radius 1 is 1.03 bits per heavy atom. The molecule has 0 aliphatic heterocycles. The number of Topliss-reactive ketones (excluding diaryl/α,β-unsaturated/α-hetero) is 1. The Labute approximate surface area is 205 Å². The highest BCUT2D eigenvalue weighted by Crippen LogP contribution is 2.73. The molecule has 10 atom stereocenters. The normalized spacial score (nSPS) is 48.1. The summed E-state index contributed by atoms with van der Waals surface area (Å²) in [6.07, 6.45) is 14.7. The van der Waals surface area contributed by atoms with Gasteiger partial charge in [0.2, 0.25) is 0 Å². The maximum Gasteiger partial charge on any atom is 0.130 e. The molecule has 0 aromatic carbocycles. The predicted octanol–water partition coefficient (Wildman–Crippen LogP) is 6.85. The number of hydrogen-bond acceptors (Lipinski definition) is 2. The predicted molar refractivity (Wildman–Crippen MR) is 141 cm³/mol. The second-order valence-corrected chi connectivity index (χ2v) is 14.5. The van der Waals surface area contributed by atoms with Crippen molar-refractivity contribution in [2.45, 2.75) is 130 Å². The summed E-state index contributed by atoms with van der Waals surface area (Å²) in [5, 5.41) is 11.7. The second-order valence-electron chi connectivity index (χ2n) is 14.5. The van der Waals surface area contributed by atoms with E-state index in [1.165, 1.54) is 57.8 Å². The Balaban J connectivity index is 1.51. The Morgan fingerprint density at radius 2 is 1.76 bits per heavy atom. The summed E-state index contributed by atoms with van der Waals surface area (Å²) in [7, 11) is 2.39. The lowest BCUT2D eigenvalue weighted by molar-refractivity contribution is -0.158. The molecule has 33 heavy (non-hydrogen) atoms. The molecule has 4 aliphatic rings. The van der Waals surface area contributed by atoms with Gasteiger partial charge in [0.25, 0.3) is 0 Å². The molecule has 4 aliphatic carbocycles. The van der Waals surface area contributed by atoms with Crippen molar-refractivity contribution < 1.29 is 9.90 Å². The molecule has 4 rings (SSSR count). The lowest BCUT2D eigenvalue weighted by Crippen LogP contribution is -2.61. The minimum absolute atomic E-state index is 0.0254. The number of rotatable bonds is 7. The third kappa shape index (κ3) is 4.29. The van der Waals surface area contributed by atoms with Crippen LogP contribution in [0.2, 0.25) is 5.31 Å². The van der Waals surface area contributed by atoms with Crippen LogP contribution >= 0.6 is 0 Å². The number of aliphatic hydroxyl groups is 1. The smallest absolute Gasteiger partial charge is 0.130 e. The van der Waals surface area contributed by atoms with Gasteiger partial charge in [-0.3, -0.25) is 0 Å². The van der Waals surface area contributed by atoms with Gasteiger partial charge in [-0.1, -0.05) is 53.9 Å². The molecule has 0 radical (unpaired) electrons. The van der Waals surface area contributed by atoms with Crippen molar-refractivity contribution in [2.75, 3.05) is 0 Å². The standard InChI is InChI=1S/C30H53BO2/c1-19(2)8-7-9-20(3)24-10-11-25-23-17-27(33)30(31)18-22(16-21(4)32)12-15-29(30,6)26(23)13-14-28(24,25)5/h19-20,22-27,33H,7-18,31H2,1-6H3/t20-,22-,23+,24-,25+,26+,27-,28-,29-,30+/m1/s1. The van der Waals surface area contributed by atoms with Crippen molar-refractivity contribution >= 4 is 13.6 Å². The van der Waals surface area contributed by atoms with Crippen LogP contribution < -0.4 is 0 Å². The zero-order valence-electron chi connectivity index (χ0n) is 23.0. The number of hydrogen-bond donors (Lipinski definition) is 1. The first kappa shape index (κ1) is 25.8. The third-order valence-electron chi connectivity index (χ3n) is 12.4. The van der Waals surface area contributed by atoms with E-state index >= 15 is 0 Å². The zero-order chi connectivity index (χ0) is 24.2. The summed E-state index contributed by atoms with van der Waals surface area (Å²) >= 11 is 0. The van der Waals surface area contributed by atoms with Crippen molar-refractivity contribution in [3.8, 4) is 0 Å². The van der Waals surface area contributed by atoms with E-state index in [0.29, 0.717) is 29.5 Å². The Morgan fingerprint density at radius 3 is 2.42 bits per heavy atom. The molecule has 188 valence electrons. The van der Waals surface area contributed by atoms with Crippen molar-refractivity contribution in [1.29, 1.82) is 0 Å². The van der Waals surface area contributed by atoms with Gasteiger partial charge in [-0.2, -0.15) is 0 Å². The molecule has 2 nitrogen and oxygen atoms in total. The van der Waals surface area contributed by atoms with Crippen LogP contribution in [-0.4, -0.2) is 24.8 Å². The first-order valence-corrected chi connectivity index (χ1v) is 14.6. The molecule has 0 unspecified atom stereocenters. The molecule has 3 heteroatoms. The van der Waals surface area contributed by atoms with Gasteiger partial charge < -0.3 is 9.90 Å². The third-order valence-corrected chi connectivity index (χ3v) is 12.4. The van der Waals surface area contributed by atoms with E-state index < -0.39 is 0 Å². The molecule has 0 amide bonds. The van der Waals surface area contributed by atoms with Gasteiger partial charge in [0.1, 0.15) is 13.6 Å². The molecule has 0 aromatic heterocycles. The molecule has 0 saturated heterocycles. The monoisotopic (exact) mass is 456 g/mol. The van der Waals surface area contributed by atoms with E-state index in [1.54, 1.807) is 6.92 Å². The van der Waals surface area contributed by atoms with E-state index in [-0.39, 0.29) is 16.8 Å². The summed E-state index contributed by atoms with van der Waals surface area (Å²) in [6.45, 7) is 14.2. The van der Waals surface area contributed by atoms with Crippen molar-refractivity contribution in [3.05, 3.63) is 0 Å². The summed E-state index contributed by atoms with van der Waals surface area (Å²) in [6, 6.07) is 0. The van der Waals surface area contributed by atoms with Gasteiger partial charge >= 0.3 is 0 Å². The topological polar surface area (TPSA) is 37.3 Å². The van der Waals surface area contributed by atoms with Crippen LogP contribution in [0.25, 0.3) is 0 Å². The molecule has 4 fully saturated rings. The fourth-order valence-corrected chi connectivity index (χ4v) is 10.4. The van der Waals surface area contributed by atoms with Crippen LogP contribution in [0.4, 0.5) is 0 Å². The highest BCUT2D eigenvalue weighted by atomic mass is 16.3. The highest BCUT2D eigenvalue weighted by molar-refractivity contribution is 6.16. The van der Waals surface area contributed by atoms with E-state index in [9.17, 15) is 9.90 Å². The summed E-state index contributed by atoms with van der Waals surface area (Å²) in [5.41, 5.74) is 0.707. The van der Waals surface area contributed by atoms with Crippen LogP contribution in [-0.2, 0) is 4.79 Å². The molecular formula is C30H53BO2. The van der Waals surface area contributed by atoms with Gasteiger partial charge in [-0.05, 0) is 116 Å². The van der Waals surface area contributed by atoms with Crippen molar-refractivity contribution in [2.24, 2.45) is 52.3 Å². The van der Waals surface area contributed by atoms with Crippen LogP contribution in [0.15, 0.2) is 0 Å². The first-order chi connectivity index (χ1) is 15.4. The van der Waals surface area contributed by atoms with Gasteiger partial charge in [0, 0.05) is 6.42 Å². The summed E-state index contributed by atoms with van der Waals surface area (Å²) < 4.78 is 0. The number of carbonyl (C=O) groups excluding carboxylic acids is 1. The van der Waals surface area contributed by atoms with Crippen LogP contribution in [0.1, 0.15) is 119 Å². The highest BCUT2D eigenvalue weighted by Gasteiger charge is 2.65. The van der Waals surface area contributed by atoms with Crippen LogP contribution in [0, 0.1) is 52.3 Å². The quantitative estimate of drug-likeness (QED) is 0.426. The van der Waals surface area contributed by atoms with Crippen molar-refractivity contribution in [3.63, 3.8) is 0 Å². The number of aliphatic hydroxyl groups excluding tert-OH is 1. The van der Waals surface area contributed by atoms with E-state index in [2.05, 4.69) is 42.5 Å². The Hall–Kier alpha value is -0.305. The first-order valence-electron chi connectivity index (χ1n) is 14.6. The minimum atomic E-state index is -0.205. The molecule has 0 heterocycles. The number of fused-ring (bicyclic) bond motifs is 5. The fraction of sp³-hybridized carbons (Fsp3) is 0.967. The number of carbonyl (C=O) groups is 1. The lowest BCUT2D eigenvalue weighted by Gasteiger charge is -2.67. The minimum Gasteiger partial charge on any atom is -0.393 e. The van der Waals surface area contributed by atoms with Gasteiger partial charge in [0.15, 0.2) is 0 Å². The van der Waals surface area contributed by atoms with E-state index in [4.69, 9.17) is 0 Å². The average molecular weight is 457 g/mol. The van der Waals surface area contributed by atoms with Gasteiger partial charge in [-0.15, -0.1) is 0 Å². The van der Waals surface area contributed by atoms with Crippen molar-refractivity contribution in [1.82, 2.24) is 0 Å².